The zero-order valence-corrected chi connectivity index (χ0v) is 26.0. The van der Waals surface area contributed by atoms with Gasteiger partial charge < -0.3 is 9.64 Å². The Labute approximate surface area is 272 Å². The van der Waals surface area contributed by atoms with Crippen molar-refractivity contribution in [2.75, 3.05) is 4.90 Å². The molecule has 0 bridgehead atoms. The highest BCUT2D eigenvalue weighted by Gasteiger charge is 2.29. The minimum atomic E-state index is -3.65. The van der Waals surface area contributed by atoms with Gasteiger partial charge in [-0.1, -0.05) is 115 Å². The maximum absolute atomic E-state index is 13.5. The van der Waals surface area contributed by atoms with Crippen molar-refractivity contribution in [1.82, 2.24) is 0 Å². The van der Waals surface area contributed by atoms with E-state index in [1.807, 2.05) is 54.6 Å². The molecule has 1 aliphatic heterocycles. The number of hydrogen-bond donors (Lipinski definition) is 0. The first-order valence-corrected chi connectivity index (χ1v) is 17.0. The quantitative estimate of drug-likeness (QED) is 0.144. The van der Waals surface area contributed by atoms with Crippen LogP contribution in [0.25, 0.3) is 43.4 Å². The number of fused-ring (bicyclic) bond motifs is 6. The molecule has 0 amide bonds. The summed E-state index contributed by atoms with van der Waals surface area (Å²) in [5, 5.41) is 6.61. The minimum Gasteiger partial charge on any atom is -0.453 e. The lowest BCUT2D eigenvalue weighted by atomic mass is 9.87. The van der Waals surface area contributed by atoms with Gasteiger partial charge in [0.1, 0.15) is 0 Å². The van der Waals surface area contributed by atoms with E-state index in [2.05, 4.69) is 77.7 Å². The van der Waals surface area contributed by atoms with Gasteiger partial charge in [-0.15, -0.1) is 0 Å². The van der Waals surface area contributed by atoms with Crippen molar-refractivity contribution in [3.63, 3.8) is 0 Å². The van der Waals surface area contributed by atoms with E-state index in [9.17, 15) is 8.42 Å². The fourth-order valence-corrected chi connectivity index (χ4v) is 8.23. The van der Waals surface area contributed by atoms with Gasteiger partial charge in [0.15, 0.2) is 11.5 Å². The van der Waals surface area contributed by atoms with Crippen LogP contribution >= 0.6 is 0 Å². The van der Waals surface area contributed by atoms with Crippen molar-refractivity contribution >= 4 is 59.2 Å². The number of anilines is 3. The Bertz CT molecular complexity index is 2570. The molecule has 224 valence electrons. The maximum Gasteiger partial charge on any atom is 0.206 e. The van der Waals surface area contributed by atoms with Gasteiger partial charge in [0.25, 0.3) is 0 Å². The molecule has 8 aromatic rings. The number of ether oxygens (including phenoxy) is 1. The fraction of sp³-hybridized carbons (Fsp3) is 0. The highest BCUT2D eigenvalue weighted by atomic mass is 32.2. The standard InChI is InChI=1S/C42H27NO3S/c44-47(45,30-13-2-1-3-14-30)31-25-22-29(23-26-31)40-33-16-6-7-17-34(33)42(35-27-24-28-12-4-5-15-32(28)41(35)40)43-36-18-8-10-20-38(36)46-39-21-11-9-19-37(39)43/h1-27H. The third-order valence-corrected chi connectivity index (χ3v) is 10.8. The highest BCUT2D eigenvalue weighted by molar-refractivity contribution is 7.91. The predicted octanol–water partition coefficient (Wildman–Crippen LogP) is 11.2. The van der Waals surface area contributed by atoms with Crippen LogP contribution in [0, 0.1) is 0 Å². The zero-order chi connectivity index (χ0) is 31.5. The summed E-state index contributed by atoms with van der Waals surface area (Å²) < 4.78 is 33.4. The van der Waals surface area contributed by atoms with Gasteiger partial charge >= 0.3 is 0 Å². The summed E-state index contributed by atoms with van der Waals surface area (Å²) in [5.41, 5.74) is 5.01. The van der Waals surface area contributed by atoms with Gasteiger partial charge in [0.2, 0.25) is 9.84 Å². The lowest BCUT2D eigenvalue weighted by Crippen LogP contribution is -2.16. The Hall–Kier alpha value is -5.91. The molecule has 1 heterocycles. The second-order valence-corrected chi connectivity index (χ2v) is 13.6. The van der Waals surface area contributed by atoms with Crippen LogP contribution in [0.5, 0.6) is 11.5 Å². The van der Waals surface area contributed by atoms with Crippen LogP contribution < -0.4 is 9.64 Å². The van der Waals surface area contributed by atoms with Crippen LogP contribution in [-0.2, 0) is 9.84 Å². The first-order valence-electron chi connectivity index (χ1n) is 15.5. The third-order valence-electron chi connectivity index (χ3n) is 9.05. The van der Waals surface area contributed by atoms with Crippen LogP contribution in [0.15, 0.2) is 174 Å². The molecule has 0 aliphatic carbocycles. The summed E-state index contributed by atoms with van der Waals surface area (Å²) in [5.74, 6) is 1.59. The van der Waals surface area contributed by atoms with Crippen LogP contribution in [0.3, 0.4) is 0 Å². The number of nitrogens with zero attached hydrogens (tertiary/aromatic N) is 1. The average Bonchev–Trinajstić information content (AvgIpc) is 3.13. The fourth-order valence-electron chi connectivity index (χ4n) is 6.95. The Balaban J connectivity index is 1.38. The molecule has 0 atom stereocenters. The molecule has 8 aromatic carbocycles. The number of hydrogen-bond acceptors (Lipinski definition) is 4. The van der Waals surface area contributed by atoms with Gasteiger partial charge in [0.05, 0.1) is 26.9 Å². The molecule has 0 saturated heterocycles. The topological polar surface area (TPSA) is 46.6 Å². The lowest BCUT2D eigenvalue weighted by molar-refractivity contribution is 0.477. The molecular weight excluding hydrogens is 599 g/mol. The van der Waals surface area contributed by atoms with Gasteiger partial charge in [-0.2, -0.15) is 0 Å². The molecule has 0 saturated carbocycles. The molecule has 0 unspecified atom stereocenters. The van der Waals surface area contributed by atoms with E-state index in [-0.39, 0.29) is 9.79 Å². The molecule has 1 aliphatic rings. The Morgan fingerprint density at radius 2 is 1.00 bits per heavy atom. The maximum atomic E-state index is 13.5. The van der Waals surface area contributed by atoms with Gasteiger partial charge in [-0.3, -0.25) is 0 Å². The summed E-state index contributed by atoms with van der Waals surface area (Å²) in [6.45, 7) is 0. The zero-order valence-electron chi connectivity index (χ0n) is 25.2. The van der Waals surface area contributed by atoms with E-state index in [4.69, 9.17) is 4.74 Å². The molecule has 9 rings (SSSR count). The van der Waals surface area contributed by atoms with E-state index in [0.717, 1.165) is 72.0 Å². The van der Waals surface area contributed by atoms with E-state index in [1.165, 1.54) is 0 Å². The Morgan fingerprint density at radius 1 is 0.447 bits per heavy atom. The Kier molecular flexibility index (Phi) is 6.17. The van der Waals surface area contributed by atoms with Crippen molar-refractivity contribution in [2.45, 2.75) is 9.79 Å². The first kappa shape index (κ1) is 27.4. The minimum absolute atomic E-state index is 0.268. The summed E-state index contributed by atoms with van der Waals surface area (Å²) >= 11 is 0. The molecule has 4 nitrogen and oxygen atoms in total. The molecule has 0 spiro atoms. The molecule has 0 N–H and O–H groups in total. The first-order chi connectivity index (χ1) is 23.1. The number of para-hydroxylation sites is 4. The van der Waals surface area contributed by atoms with Gasteiger partial charge in [-0.05, 0) is 75.8 Å². The van der Waals surface area contributed by atoms with E-state index >= 15 is 0 Å². The molecule has 5 heteroatoms. The largest absolute Gasteiger partial charge is 0.453 e. The van der Waals surface area contributed by atoms with E-state index < -0.39 is 9.84 Å². The summed E-state index contributed by atoms with van der Waals surface area (Å²) in [6, 6.07) is 53.6. The summed E-state index contributed by atoms with van der Waals surface area (Å²) in [7, 11) is -3.65. The van der Waals surface area contributed by atoms with Crippen molar-refractivity contribution < 1.29 is 13.2 Å². The molecule has 47 heavy (non-hydrogen) atoms. The van der Waals surface area contributed by atoms with E-state index in [1.54, 1.807) is 36.4 Å². The Morgan fingerprint density at radius 3 is 1.70 bits per heavy atom. The monoisotopic (exact) mass is 625 g/mol. The van der Waals surface area contributed by atoms with E-state index in [0.29, 0.717) is 0 Å². The predicted molar refractivity (Wildman–Crippen MR) is 191 cm³/mol. The van der Waals surface area contributed by atoms with Crippen LogP contribution in [0.1, 0.15) is 0 Å². The van der Waals surface area contributed by atoms with Crippen LogP contribution in [0.4, 0.5) is 17.1 Å². The number of sulfone groups is 1. The van der Waals surface area contributed by atoms with Crippen molar-refractivity contribution in [3.8, 4) is 22.6 Å². The summed E-state index contributed by atoms with van der Waals surface area (Å²) in [6.07, 6.45) is 0. The second-order valence-electron chi connectivity index (χ2n) is 11.7. The van der Waals surface area contributed by atoms with Crippen molar-refractivity contribution in [1.29, 1.82) is 0 Å². The second kappa shape index (κ2) is 10.6. The lowest BCUT2D eigenvalue weighted by Gasteiger charge is -2.35. The molecular formula is C42H27NO3S. The molecule has 0 fully saturated rings. The van der Waals surface area contributed by atoms with Crippen LogP contribution in [-0.4, -0.2) is 8.42 Å². The van der Waals surface area contributed by atoms with Crippen molar-refractivity contribution in [3.05, 3.63) is 164 Å². The average molecular weight is 626 g/mol. The normalized spacial score (nSPS) is 12.6. The SMILES string of the molecule is O=S(=O)(c1ccccc1)c1ccc(-c2c3ccccc3c(N3c4ccccc4Oc4ccccc43)c3ccc4ccccc4c23)cc1. The third kappa shape index (κ3) is 4.24. The van der Waals surface area contributed by atoms with Crippen LogP contribution in [0.2, 0.25) is 0 Å². The summed E-state index contributed by atoms with van der Waals surface area (Å²) in [4.78, 5) is 2.88. The highest BCUT2D eigenvalue weighted by Crippen LogP contribution is 2.55. The van der Waals surface area contributed by atoms with Gasteiger partial charge in [-0.25, -0.2) is 8.42 Å². The molecule has 0 radical (unpaired) electrons. The smallest absolute Gasteiger partial charge is 0.206 e. The van der Waals surface area contributed by atoms with Crippen molar-refractivity contribution in [2.24, 2.45) is 0 Å². The molecule has 0 aromatic heterocycles. The van der Waals surface area contributed by atoms with Gasteiger partial charge in [0, 0.05) is 16.2 Å². The number of benzene rings is 8. The number of rotatable bonds is 4.